The molecule has 0 aromatic heterocycles. The van der Waals surface area contributed by atoms with Crippen LogP contribution in [0.2, 0.25) is 0 Å². The van der Waals surface area contributed by atoms with Crippen LogP contribution >= 0.6 is 0 Å². The molecule has 2 heteroatoms. The molecule has 0 saturated carbocycles. The topological polar surface area (TPSA) is 12.5 Å². The van der Waals surface area contributed by atoms with E-state index < -0.39 is 0 Å². The van der Waals surface area contributed by atoms with Gasteiger partial charge >= 0.3 is 0 Å². The molecule has 0 fully saturated rings. The highest BCUT2D eigenvalue weighted by atomic mass is 16.5. The molecule has 0 saturated heterocycles. The van der Waals surface area contributed by atoms with Crippen LogP contribution in [0.4, 0.5) is 0 Å². The van der Waals surface area contributed by atoms with Crippen molar-refractivity contribution in [1.29, 1.82) is 0 Å². The van der Waals surface area contributed by atoms with Gasteiger partial charge in [-0.05, 0) is 20.8 Å². The van der Waals surface area contributed by atoms with Gasteiger partial charge < -0.3 is 9.64 Å². The molecule has 0 radical (unpaired) electrons. The first-order valence-corrected chi connectivity index (χ1v) is 3.70. The maximum atomic E-state index is 4.88. The minimum atomic E-state index is 1.04. The van der Waals surface area contributed by atoms with Crippen LogP contribution in [0.1, 0.15) is 20.8 Å². The summed E-state index contributed by atoms with van der Waals surface area (Å²) < 4.78 is 4.88. The van der Waals surface area contributed by atoms with Gasteiger partial charge in [0.15, 0.2) is 0 Å². The van der Waals surface area contributed by atoms with E-state index in [-0.39, 0.29) is 0 Å². The summed E-state index contributed by atoms with van der Waals surface area (Å²) in [6.45, 7) is 8.41. The summed E-state index contributed by atoms with van der Waals surface area (Å²) in [5.41, 5.74) is 1.19. The fourth-order valence-corrected chi connectivity index (χ4v) is 0.968. The van der Waals surface area contributed by atoms with Crippen molar-refractivity contribution in [2.45, 2.75) is 20.8 Å². The third kappa shape index (κ3) is 2.76. The summed E-state index contributed by atoms with van der Waals surface area (Å²) >= 11 is 0. The first-order chi connectivity index (χ1) is 4.76. The molecule has 60 valence electrons. The summed E-state index contributed by atoms with van der Waals surface area (Å²) in [4.78, 5) is 2.24. The normalized spacial score (nSPS) is 11.4. The molecule has 0 heterocycles. The van der Waals surface area contributed by atoms with Gasteiger partial charge in [0, 0.05) is 18.8 Å². The van der Waals surface area contributed by atoms with Crippen LogP contribution in [0.25, 0.3) is 0 Å². The number of nitrogens with zero attached hydrogens (tertiary/aromatic N) is 1. The van der Waals surface area contributed by atoms with Crippen molar-refractivity contribution in [1.82, 2.24) is 4.90 Å². The van der Waals surface area contributed by atoms with Gasteiger partial charge in [0.2, 0.25) is 0 Å². The minimum Gasteiger partial charge on any atom is -0.503 e. The molecule has 0 unspecified atom stereocenters. The van der Waals surface area contributed by atoms with Crippen molar-refractivity contribution in [3.63, 3.8) is 0 Å². The first-order valence-electron chi connectivity index (χ1n) is 3.70. The monoisotopic (exact) mass is 143 g/mol. The Bertz CT molecular complexity index is 106. The molecule has 10 heavy (non-hydrogen) atoms. The summed E-state index contributed by atoms with van der Waals surface area (Å²) in [5.74, 6) is 0. The molecule has 0 aliphatic heterocycles. The molecule has 0 aliphatic rings. The zero-order valence-corrected chi connectivity index (χ0v) is 7.35. The number of ether oxygens (including phenoxy) is 1. The second kappa shape index (κ2) is 5.15. The van der Waals surface area contributed by atoms with Crippen molar-refractivity contribution >= 4 is 0 Å². The third-order valence-corrected chi connectivity index (χ3v) is 1.55. The molecule has 0 amide bonds. The molecule has 0 bridgehead atoms. The van der Waals surface area contributed by atoms with E-state index in [4.69, 9.17) is 4.74 Å². The van der Waals surface area contributed by atoms with Gasteiger partial charge in [-0.15, -0.1) is 0 Å². The van der Waals surface area contributed by atoms with Crippen molar-refractivity contribution < 1.29 is 4.74 Å². The van der Waals surface area contributed by atoms with Gasteiger partial charge in [0.1, 0.15) is 6.26 Å². The lowest BCUT2D eigenvalue weighted by atomic mass is 10.4. The van der Waals surface area contributed by atoms with Gasteiger partial charge in [-0.2, -0.15) is 0 Å². The Labute approximate surface area is 63.5 Å². The maximum Gasteiger partial charge on any atom is 0.101 e. The lowest BCUT2D eigenvalue weighted by molar-refractivity contribution is 0.301. The van der Waals surface area contributed by atoms with E-state index in [2.05, 4.69) is 25.7 Å². The second-order valence-electron chi connectivity index (χ2n) is 2.17. The quantitative estimate of drug-likeness (QED) is 0.557. The van der Waals surface area contributed by atoms with Gasteiger partial charge in [-0.25, -0.2) is 0 Å². The van der Waals surface area contributed by atoms with Crippen LogP contribution in [-0.4, -0.2) is 25.1 Å². The highest BCUT2D eigenvalue weighted by Crippen LogP contribution is 2.00. The fraction of sp³-hybridized carbons (Fsp3) is 0.750. The van der Waals surface area contributed by atoms with E-state index in [1.54, 1.807) is 13.4 Å². The highest BCUT2D eigenvalue weighted by molar-refractivity contribution is 4.91. The Balaban J connectivity index is 3.87. The van der Waals surface area contributed by atoms with Crippen molar-refractivity contribution in [2.24, 2.45) is 0 Å². The van der Waals surface area contributed by atoms with Crippen molar-refractivity contribution in [3.05, 3.63) is 12.0 Å². The molecule has 2 nitrogen and oxygen atoms in total. The Morgan fingerprint density at radius 2 is 1.90 bits per heavy atom. The van der Waals surface area contributed by atoms with E-state index in [0.29, 0.717) is 0 Å². The average Bonchev–Trinajstić information content (AvgIpc) is 1.91. The molecule has 0 atom stereocenters. The van der Waals surface area contributed by atoms with E-state index in [1.165, 1.54) is 5.70 Å². The molecule has 0 rings (SSSR count). The van der Waals surface area contributed by atoms with E-state index in [1.807, 2.05) is 0 Å². The van der Waals surface area contributed by atoms with Gasteiger partial charge in [0.25, 0.3) is 0 Å². The number of hydrogen-bond donors (Lipinski definition) is 0. The molecular formula is C8H17NO. The number of rotatable bonds is 4. The standard InChI is InChI=1S/C8H17NO/c1-5-9(6-2)8(3)7-10-4/h7H,5-6H2,1-4H3/b8-7-. The van der Waals surface area contributed by atoms with Crippen LogP contribution in [0, 0.1) is 0 Å². The van der Waals surface area contributed by atoms with E-state index in [9.17, 15) is 0 Å². The van der Waals surface area contributed by atoms with Crippen LogP contribution in [0.15, 0.2) is 12.0 Å². The second-order valence-corrected chi connectivity index (χ2v) is 2.17. The van der Waals surface area contributed by atoms with Crippen LogP contribution in [0.5, 0.6) is 0 Å². The van der Waals surface area contributed by atoms with Crippen molar-refractivity contribution in [2.75, 3.05) is 20.2 Å². The zero-order valence-electron chi connectivity index (χ0n) is 7.35. The van der Waals surface area contributed by atoms with Gasteiger partial charge in [0.05, 0.1) is 7.11 Å². The molecule has 0 aromatic carbocycles. The molecule has 0 spiro atoms. The first kappa shape index (κ1) is 9.34. The molecular weight excluding hydrogens is 126 g/mol. The maximum absolute atomic E-state index is 4.88. The lowest BCUT2D eigenvalue weighted by Crippen LogP contribution is -2.20. The predicted octanol–water partition coefficient (Wildman–Crippen LogP) is 1.84. The number of hydrogen-bond acceptors (Lipinski definition) is 2. The highest BCUT2D eigenvalue weighted by Gasteiger charge is 1.97. The molecule has 0 aromatic rings. The van der Waals surface area contributed by atoms with Crippen molar-refractivity contribution in [3.8, 4) is 0 Å². The Hall–Kier alpha value is -0.660. The smallest absolute Gasteiger partial charge is 0.101 e. The average molecular weight is 143 g/mol. The Morgan fingerprint density at radius 1 is 1.40 bits per heavy atom. The summed E-state index contributed by atoms with van der Waals surface area (Å²) in [6, 6.07) is 0. The largest absolute Gasteiger partial charge is 0.503 e. The van der Waals surface area contributed by atoms with Crippen LogP contribution in [0.3, 0.4) is 0 Å². The summed E-state index contributed by atoms with van der Waals surface area (Å²) in [6.07, 6.45) is 1.77. The Kier molecular flexibility index (Phi) is 4.81. The number of allylic oxidation sites excluding steroid dienone is 1. The molecule has 0 N–H and O–H groups in total. The summed E-state index contributed by atoms with van der Waals surface area (Å²) in [7, 11) is 1.67. The zero-order chi connectivity index (χ0) is 7.98. The molecule has 0 aliphatic carbocycles. The van der Waals surface area contributed by atoms with Crippen LogP contribution < -0.4 is 0 Å². The lowest BCUT2D eigenvalue weighted by Gasteiger charge is -2.20. The summed E-state index contributed by atoms with van der Waals surface area (Å²) in [5, 5.41) is 0. The van der Waals surface area contributed by atoms with E-state index in [0.717, 1.165) is 13.1 Å². The van der Waals surface area contributed by atoms with Crippen LogP contribution in [-0.2, 0) is 4.74 Å². The number of methoxy groups -OCH3 is 1. The SMILES string of the molecule is CCN(CC)/C(C)=C\OC. The van der Waals surface area contributed by atoms with E-state index >= 15 is 0 Å². The van der Waals surface area contributed by atoms with Gasteiger partial charge in [-0.1, -0.05) is 0 Å². The minimum absolute atomic E-state index is 1.04. The predicted molar refractivity (Wildman–Crippen MR) is 43.7 cm³/mol. The fourth-order valence-electron chi connectivity index (χ4n) is 0.968. The third-order valence-electron chi connectivity index (χ3n) is 1.55. The Morgan fingerprint density at radius 3 is 2.20 bits per heavy atom. The van der Waals surface area contributed by atoms with Gasteiger partial charge in [-0.3, -0.25) is 0 Å².